The Kier molecular flexibility index (Phi) is 6.46. The Balaban J connectivity index is 1.41. The number of carbonyl (C=O) groups is 1. The first-order chi connectivity index (χ1) is 13.3. The summed E-state index contributed by atoms with van der Waals surface area (Å²) >= 11 is 0. The number of aromatic nitrogens is 2. The van der Waals surface area contributed by atoms with Gasteiger partial charge in [0, 0.05) is 25.4 Å². The number of hydrogen-bond acceptors (Lipinski definition) is 4. The molecule has 0 aliphatic rings. The van der Waals surface area contributed by atoms with Crippen LogP contribution in [0.25, 0.3) is 5.69 Å². The lowest BCUT2D eigenvalue weighted by Gasteiger charge is -2.11. The molecule has 0 radical (unpaired) electrons. The van der Waals surface area contributed by atoms with Gasteiger partial charge in [-0.2, -0.15) is 0 Å². The molecule has 2 aromatic carbocycles. The molecule has 0 spiro atoms. The van der Waals surface area contributed by atoms with Crippen molar-refractivity contribution in [3.8, 4) is 17.2 Å². The summed E-state index contributed by atoms with van der Waals surface area (Å²) in [5.74, 6) is 1.57. The Morgan fingerprint density at radius 2 is 1.89 bits per heavy atom. The third kappa shape index (κ3) is 5.34. The van der Waals surface area contributed by atoms with Crippen LogP contribution >= 0.6 is 0 Å². The lowest BCUT2D eigenvalue weighted by molar-refractivity contribution is -0.121. The Morgan fingerprint density at radius 1 is 1.11 bits per heavy atom. The zero-order chi connectivity index (χ0) is 18.9. The highest BCUT2D eigenvalue weighted by Gasteiger charge is 2.06. The van der Waals surface area contributed by atoms with Crippen molar-refractivity contribution in [2.45, 2.75) is 19.4 Å². The van der Waals surface area contributed by atoms with E-state index in [-0.39, 0.29) is 5.91 Å². The van der Waals surface area contributed by atoms with Crippen LogP contribution in [0.1, 0.15) is 18.4 Å². The van der Waals surface area contributed by atoms with Crippen molar-refractivity contribution in [3.63, 3.8) is 0 Å². The maximum Gasteiger partial charge on any atom is 0.220 e. The number of methoxy groups -OCH3 is 1. The van der Waals surface area contributed by atoms with Crippen molar-refractivity contribution in [2.24, 2.45) is 0 Å². The highest BCUT2D eigenvalue weighted by atomic mass is 16.5. The maximum absolute atomic E-state index is 12.1. The highest BCUT2D eigenvalue weighted by Crippen LogP contribution is 2.17. The smallest absolute Gasteiger partial charge is 0.220 e. The van der Waals surface area contributed by atoms with Crippen LogP contribution in [-0.4, -0.2) is 29.2 Å². The van der Waals surface area contributed by atoms with Crippen molar-refractivity contribution >= 4 is 5.91 Å². The van der Waals surface area contributed by atoms with E-state index in [0.717, 1.165) is 22.7 Å². The van der Waals surface area contributed by atoms with Gasteiger partial charge in [-0.3, -0.25) is 4.79 Å². The number of nitrogens with zero attached hydrogens (tertiary/aromatic N) is 2. The zero-order valence-corrected chi connectivity index (χ0v) is 15.3. The molecular formula is C21H23N3O3. The fraction of sp³-hybridized carbons (Fsp3) is 0.238. The SMILES string of the molecule is COc1ccc(OCCCC(=O)NCc2ccccc2-n2ccnc2)cc1. The van der Waals surface area contributed by atoms with Gasteiger partial charge in [-0.1, -0.05) is 18.2 Å². The van der Waals surface area contributed by atoms with Crippen molar-refractivity contribution in [3.05, 3.63) is 72.8 Å². The van der Waals surface area contributed by atoms with Crippen LogP contribution in [0.4, 0.5) is 0 Å². The van der Waals surface area contributed by atoms with E-state index in [1.807, 2.05) is 59.3 Å². The van der Waals surface area contributed by atoms with E-state index in [9.17, 15) is 4.79 Å². The Morgan fingerprint density at radius 3 is 2.63 bits per heavy atom. The molecule has 0 aliphatic heterocycles. The summed E-state index contributed by atoms with van der Waals surface area (Å²) < 4.78 is 12.7. The number of ether oxygens (including phenoxy) is 2. The van der Waals surface area contributed by atoms with Crippen LogP contribution < -0.4 is 14.8 Å². The van der Waals surface area contributed by atoms with Gasteiger partial charge in [-0.05, 0) is 42.3 Å². The minimum atomic E-state index is 0.00812. The molecule has 0 bridgehead atoms. The Bertz CT molecular complexity index is 845. The molecule has 1 aromatic heterocycles. The van der Waals surface area contributed by atoms with Gasteiger partial charge in [0.2, 0.25) is 5.91 Å². The van der Waals surface area contributed by atoms with Gasteiger partial charge < -0.3 is 19.4 Å². The minimum absolute atomic E-state index is 0.00812. The summed E-state index contributed by atoms with van der Waals surface area (Å²) in [6, 6.07) is 15.3. The van der Waals surface area contributed by atoms with Crippen LogP contribution in [0.15, 0.2) is 67.3 Å². The molecule has 1 N–H and O–H groups in total. The number of para-hydroxylation sites is 1. The van der Waals surface area contributed by atoms with Gasteiger partial charge in [0.15, 0.2) is 0 Å². The van der Waals surface area contributed by atoms with Crippen molar-refractivity contribution in [1.82, 2.24) is 14.9 Å². The van der Waals surface area contributed by atoms with Crippen molar-refractivity contribution in [2.75, 3.05) is 13.7 Å². The molecule has 6 heteroatoms. The third-order valence-corrected chi connectivity index (χ3v) is 4.13. The number of nitrogens with one attached hydrogen (secondary N) is 1. The van der Waals surface area contributed by atoms with Gasteiger partial charge >= 0.3 is 0 Å². The molecule has 1 heterocycles. The van der Waals surface area contributed by atoms with Gasteiger partial charge in [0.25, 0.3) is 0 Å². The predicted octanol–water partition coefficient (Wildman–Crippen LogP) is 3.36. The minimum Gasteiger partial charge on any atom is -0.497 e. The molecule has 0 saturated carbocycles. The Labute approximate surface area is 158 Å². The number of hydrogen-bond donors (Lipinski definition) is 1. The molecule has 0 aliphatic carbocycles. The van der Waals surface area contributed by atoms with E-state index in [1.54, 1.807) is 19.6 Å². The van der Waals surface area contributed by atoms with Crippen molar-refractivity contribution in [1.29, 1.82) is 0 Å². The number of benzene rings is 2. The Hall–Kier alpha value is -3.28. The quantitative estimate of drug-likeness (QED) is 0.591. The van der Waals surface area contributed by atoms with Gasteiger partial charge in [-0.15, -0.1) is 0 Å². The lowest BCUT2D eigenvalue weighted by Crippen LogP contribution is -2.23. The number of rotatable bonds is 9. The summed E-state index contributed by atoms with van der Waals surface area (Å²) in [5, 5.41) is 2.97. The van der Waals surface area contributed by atoms with Gasteiger partial charge in [0.1, 0.15) is 11.5 Å². The molecule has 0 unspecified atom stereocenters. The molecule has 6 nitrogen and oxygen atoms in total. The molecule has 3 rings (SSSR count). The van der Waals surface area contributed by atoms with E-state index in [4.69, 9.17) is 9.47 Å². The third-order valence-electron chi connectivity index (χ3n) is 4.13. The highest BCUT2D eigenvalue weighted by molar-refractivity contribution is 5.75. The first-order valence-electron chi connectivity index (χ1n) is 8.86. The monoisotopic (exact) mass is 365 g/mol. The zero-order valence-electron chi connectivity index (χ0n) is 15.3. The first-order valence-corrected chi connectivity index (χ1v) is 8.86. The fourth-order valence-corrected chi connectivity index (χ4v) is 2.69. The fourth-order valence-electron chi connectivity index (χ4n) is 2.69. The largest absolute Gasteiger partial charge is 0.497 e. The molecule has 27 heavy (non-hydrogen) atoms. The summed E-state index contributed by atoms with van der Waals surface area (Å²) in [7, 11) is 1.63. The normalized spacial score (nSPS) is 10.4. The van der Waals surface area contributed by atoms with Crippen LogP contribution in [0, 0.1) is 0 Å². The second-order valence-electron chi connectivity index (χ2n) is 6.00. The van der Waals surface area contributed by atoms with Crippen LogP contribution in [0.3, 0.4) is 0 Å². The number of imidazole rings is 1. The molecule has 1 amide bonds. The van der Waals surface area contributed by atoms with Gasteiger partial charge in [-0.25, -0.2) is 4.98 Å². The number of carbonyl (C=O) groups excluding carboxylic acids is 1. The summed E-state index contributed by atoms with van der Waals surface area (Å²) in [6.45, 7) is 0.970. The molecule has 0 atom stereocenters. The molecular weight excluding hydrogens is 342 g/mol. The van der Waals surface area contributed by atoms with Crippen LogP contribution in [0.5, 0.6) is 11.5 Å². The second kappa shape index (κ2) is 9.43. The summed E-state index contributed by atoms with van der Waals surface area (Å²) in [6.07, 6.45) is 6.44. The number of amides is 1. The van der Waals surface area contributed by atoms with Crippen molar-refractivity contribution < 1.29 is 14.3 Å². The van der Waals surface area contributed by atoms with E-state index in [2.05, 4.69) is 10.3 Å². The van der Waals surface area contributed by atoms with Gasteiger partial charge in [0.05, 0.1) is 25.7 Å². The summed E-state index contributed by atoms with van der Waals surface area (Å²) in [5.41, 5.74) is 2.05. The molecule has 140 valence electrons. The molecule has 0 fully saturated rings. The molecule has 0 saturated heterocycles. The van der Waals surface area contributed by atoms with E-state index < -0.39 is 0 Å². The summed E-state index contributed by atoms with van der Waals surface area (Å²) in [4.78, 5) is 16.2. The topological polar surface area (TPSA) is 65.4 Å². The average molecular weight is 365 g/mol. The lowest BCUT2D eigenvalue weighted by atomic mass is 10.1. The van der Waals surface area contributed by atoms with E-state index >= 15 is 0 Å². The first kappa shape index (κ1) is 18.5. The molecule has 3 aromatic rings. The van der Waals surface area contributed by atoms with Crippen LogP contribution in [-0.2, 0) is 11.3 Å². The second-order valence-corrected chi connectivity index (χ2v) is 6.00. The van der Waals surface area contributed by atoms with E-state index in [0.29, 0.717) is 26.0 Å². The van der Waals surface area contributed by atoms with Crippen LogP contribution in [0.2, 0.25) is 0 Å². The predicted molar refractivity (Wildman–Crippen MR) is 103 cm³/mol. The maximum atomic E-state index is 12.1. The standard InChI is InChI=1S/C21H23N3O3/c1-26-18-8-10-19(11-9-18)27-14-4-7-21(25)23-15-17-5-2-3-6-20(17)24-13-12-22-16-24/h2-3,5-6,8-13,16H,4,7,14-15H2,1H3,(H,23,25). The average Bonchev–Trinajstić information content (AvgIpc) is 3.25. The van der Waals surface area contributed by atoms with E-state index in [1.165, 1.54) is 0 Å².